The summed E-state index contributed by atoms with van der Waals surface area (Å²) in [7, 11) is 1.28. The van der Waals surface area contributed by atoms with Crippen molar-refractivity contribution >= 4 is 34.7 Å². The number of carbonyl (C=O) groups is 2. The van der Waals surface area contributed by atoms with Crippen LogP contribution in [0.5, 0.6) is 0 Å². The number of carboxylic acid groups (broad SMARTS) is 1. The molecule has 5 rings (SSSR count). The van der Waals surface area contributed by atoms with E-state index in [4.69, 9.17) is 98.5 Å². The molecule has 5 saturated heterocycles. The van der Waals surface area contributed by atoms with Gasteiger partial charge in [-0.3, -0.25) is 14.2 Å². The second-order valence-corrected chi connectivity index (χ2v) is 18.7. The van der Waals surface area contributed by atoms with Crippen molar-refractivity contribution in [2.45, 2.75) is 171 Å². The van der Waals surface area contributed by atoms with Gasteiger partial charge in [-0.1, -0.05) is 6.92 Å². The highest BCUT2D eigenvalue weighted by Gasteiger charge is 2.54. The second kappa shape index (κ2) is 40.0. The molecule has 5 aliphatic heterocycles. The smallest absolute Gasteiger partial charge is 0.335 e. The van der Waals surface area contributed by atoms with Crippen molar-refractivity contribution in [2.75, 3.05) is 33.5 Å². The van der Waals surface area contributed by atoms with E-state index in [0.717, 1.165) is 6.92 Å². The van der Waals surface area contributed by atoms with Gasteiger partial charge in [0, 0.05) is 80.2 Å². The second-order valence-electron chi connectivity index (χ2n) is 17.6. The molecule has 480 valence electrons. The van der Waals surface area contributed by atoms with E-state index in [2.05, 4.69) is 8.67 Å². The molecule has 0 amide bonds. The Kier molecular flexibility index (Phi) is 39.9. The summed E-state index contributed by atoms with van der Waals surface area (Å²) in [5.41, 5.74) is 0. The third-order valence-electron chi connectivity index (χ3n) is 13.1. The summed E-state index contributed by atoms with van der Waals surface area (Å²) in [6, 6.07) is 0. The number of hydrogen-bond donors (Lipinski definition) is 8. The molecule has 8 N–H and O–H groups in total. The van der Waals surface area contributed by atoms with Crippen LogP contribution in [0.3, 0.4) is 0 Å². The quantitative estimate of drug-likeness (QED) is 0.0219. The molecular formula is C39H66F10O29S2-2. The van der Waals surface area contributed by atoms with Gasteiger partial charge in [0.15, 0.2) is 37.6 Å². The third kappa shape index (κ3) is 21.6. The van der Waals surface area contributed by atoms with Gasteiger partial charge in [0.05, 0.1) is 56.9 Å². The lowest BCUT2D eigenvalue weighted by Gasteiger charge is -2.47. The van der Waals surface area contributed by atoms with Gasteiger partial charge in [-0.25, -0.2) is 23.0 Å². The minimum absolute atomic E-state index is 0. The Bertz CT molecular complexity index is 1750. The lowest BCUT2D eigenvalue weighted by atomic mass is 9.82. The summed E-state index contributed by atoms with van der Waals surface area (Å²) >= 11 is -6.42. The standard InChI is InChI=1S/C39H66O29S2.4F2.2FH/c1-8-18-23(41)13(2)59-36(24(18)42)57-11-21-26(44)38(62-16(5)32(21)66-68-70(52)53)58-12-22-25(43)37(61-15(4)31(22)65-67-69(50)51)55-9-19-20(35(54-7)60-14(3)30(19)63-17(6)40)10-56-39-29(47)27(45)28(46)33(64-39)34(48)49;4*1-2;;/h13-16,18-33,35-39,41-47H,8-12H2,1-7H3,(H,48,49)(H,50,51)(H,52,53);;;;;2*1H/p-2/t13?,14?,15?,16?,18-,19+,20?,21+,22+,23+,24?,25?,26?,27+,28-,29?,30+,31+,32+,33?,35+,36+,37+,38+,39-;;;;;;/m0....../s1. The van der Waals surface area contributed by atoms with Crippen LogP contribution in [0.2, 0.25) is 0 Å². The molecule has 27 atom stereocenters. The Labute approximate surface area is 452 Å². The van der Waals surface area contributed by atoms with Gasteiger partial charge in [0.2, 0.25) is 0 Å². The summed E-state index contributed by atoms with van der Waals surface area (Å²) in [4.78, 5) is 34.4. The molecule has 0 aromatic heterocycles. The molecule has 80 heavy (non-hydrogen) atoms. The van der Waals surface area contributed by atoms with Crippen molar-refractivity contribution in [3.8, 4) is 0 Å². The summed E-state index contributed by atoms with van der Waals surface area (Å²) in [5.74, 6) is -7.65. The van der Waals surface area contributed by atoms with Crippen molar-refractivity contribution in [3.05, 3.63) is 0 Å². The molecule has 0 bridgehead atoms. The van der Waals surface area contributed by atoms with Gasteiger partial charge < -0.3 is 102 Å². The van der Waals surface area contributed by atoms with Crippen molar-refractivity contribution in [1.82, 2.24) is 0 Å². The van der Waals surface area contributed by atoms with Crippen LogP contribution in [-0.2, 0) is 103 Å². The lowest BCUT2D eigenvalue weighted by molar-refractivity contribution is -0.372. The molecule has 0 aromatic rings. The molecule has 0 saturated carbocycles. The van der Waals surface area contributed by atoms with E-state index in [0.29, 0.717) is 6.42 Å². The summed E-state index contributed by atoms with van der Waals surface area (Å²) in [6.07, 6.45) is -28.8. The molecule has 29 nitrogen and oxygen atoms in total. The summed E-state index contributed by atoms with van der Waals surface area (Å²) < 4.78 is 182. The first-order valence-corrected chi connectivity index (χ1v) is 24.9. The lowest BCUT2D eigenvalue weighted by Crippen LogP contribution is -2.61. The minimum Gasteiger partial charge on any atom is -0.748 e. The number of esters is 1. The Balaban J connectivity index is 0. The molecule has 12 unspecified atom stereocenters. The Morgan fingerprint density at radius 3 is 1.21 bits per heavy atom. The molecule has 0 aliphatic carbocycles. The van der Waals surface area contributed by atoms with Gasteiger partial charge in [-0.2, -0.15) is 0 Å². The number of carboxylic acids is 1. The summed E-state index contributed by atoms with van der Waals surface area (Å²) in [5, 5.41) is 85.7. The average Bonchev–Trinajstić information content (AvgIpc) is 3.41. The van der Waals surface area contributed by atoms with Crippen molar-refractivity contribution in [2.24, 2.45) is 29.6 Å². The number of methoxy groups -OCH3 is 1. The molecule has 0 aromatic carbocycles. The van der Waals surface area contributed by atoms with E-state index in [1.807, 2.05) is 0 Å². The van der Waals surface area contributed by atoms with E-state index in [1.165, 1.54) is 21.0 Å². The first kappa shape index (κ1) is 79.7. The maximum atomic E-state index is 12.4. The zero-order chi connectivity index (χ0) is 59.9. The topological polar surface area (TPSA) is 415 Å². The van der Waals surface area contributed by atoms with Gasteiger partial charge in [0.25, 0.3) is 0 Å². The number of rotatable bonds is 22. The fourth-order valence-electron chi connectivity index (χ4n) is 9.31. The first-order chi connectivity index (χ1) is 37.0. The van der Waals surface area contributed by atoms with E-state index in [9.17, 15) is 68.0 Å². The highest BCUT2D eigenvalue weighted by atomic mass is 32.2. The maximum Gasteiger partial charge on any atom is 0.335 e. The number of halogens is 10. The first-order valence-electron chi connectivity index (χ1n) is 22.9. The number of aliphatic carboxylic acids is 1. The highest BCUT2D eigenvalue weighted by Crippen LogP contribution is 2.39. The van der Waals surface area contributed by atoms with Crippen LogP contribution in [0.25, 0.3) is 0 Å². The largest absolute Gasteiger partial charge is 0.748 e. The van der Waals surface area contributed by atoms with Gasteiger partial charge in [-0.05, 0) is 34.1 Å². The van der Waals surface area contributed by atoms with Crippen LogP contribution in [0, 0.1) is 29.6 Å². The van der Waals surface area contributed by atoms with E-state index < -0.39 is 214 Å². The number of ether oxygens (including phenoxy) is 11. The van der Waals surface area contributed by atoms with Crippen LogP contribution < -0.4 is 0 Å². The monoisotopic (exact) mass is 1250 g/mol. The van der Waals surface area contributed by atoms with Crippen molar-refractivity contribution < 1.29 is 185 Å². The average molecular weight is 1250 g/mol. The number of aliphatic hydroxyl groups excluding tert-OH is 7. The fraction of sp³-hybridized carbons (Fsp3) is 0.949. The molecule has 5 aliphatic rings. The molecule has 5 fully saturated rings. The van der Waals surface area contributed by atoms with E-state index in [1.54, 1.807) is 20.8 Å². The number of aliphatic hydroxyl groups is 7. The van der Waals surface area contributed by atoms with Crippen LogP contribution in [0.15, 0.2) is 0 Å². The van der Waals surface area contributed by atoms with Crippen LogP contribution in [0.4, 0.5) is 46.0 Å². The molecular weight excluding hydrogens is 1190 g/mol. The normalized spacial score (nSPS) is 40.3. The Hall–Kier alpha value is -2.38. The van der Waals surface area contributed by atoms with Crippen LogP contribution in [0.1, 0.15) is 48.0 Å². The Morgan fingerprint density at radius 1 is 0.487 bits per heavy atom. The van der Waals surface area contributed by atoms with Gasteiger partial charge >= 0.3 is 11.9 Å². The predicted molar refractivity (Wildman–Crippen MR) is 233 cm³/mol. The van der Waals surface area contributed by atoms with E-state index >= 15 is 0 Å². The Morgan fingerprint density at radius 2 is 0.838 bits per heavy atom. The third-order valence-corrected chi connectivity index (χ3v) is 13.4. The molecule has 0 radical (unpaired) electrons. The molecule has 5 heterocycles. The molecule has 41 heteroatoms. The van der Waals surface area contributed by atoms with Crippen LogP contribution in [-0.4, -0.2) is 227 Å². The van der Waals surface area contributed by atoms with Gasteiger partial charge in [0.1, 0.15) is 77.7 Å². The fourth-order valence-corrected chi connectivity index (χ4v) is 9.62. The zero-order valence-electron chi connectivity index (χ0n) is 42.8. The SMILES string of the molecule is CC[C@@H]1C(O)[C@H](OC[C@@H]2C(O)[C@H](OC[C@@H]3C(O)[C@H](OC[C@@H]4C(CO[C@H]5OC(C(=O)O)[C@@H](O)[C@@H](O)C5O)[C@H](OC)OC(C)[C@H]4OC(C)=O)OC(C)[C@H]3OOS(=O)[O-])OC(C)[C@H]2OOS(=O)[O-])OC(C)[C@H]1O.F.F.FF.FF.FF.FF. The van der Waals surface area contributed by atoms with Crippen molar-refractivity contribution in [3.63, 3.8) is 0 Å². The highest BCUT2D eigenvalue weighted by molar-refractivity contribution is 7.74. The number of carbonyl (C=O) groups excluding carboxylic acids is 1. The zero-order valence-corrected chi connectivity index (χ0v) is 44.4. The number of hydrogen-bond acceptors (Lipinski definition) is 28. The van der Waals surface area contributed by atoms with Crippen LogP contribution >= 0.6 is 0 Å². The van der Waals surface area contributed by atoms with E-state index in [-0.39, 0.29) is 9.41 Å². The predicted octanol–water partition coefficient (Wildman–Crippen LogP) is -0.675. The van der Waals surface area contributed by atoms with Crippen molar-refractivity contribution in [1.29, 1.82) is 0 Å². The van der Waals surface area contributed by atoms with Gasteiger partial charge in [-0.15, -0.1) is 8.67 Å². The minimum atomic E-state index is -3.24. The maximum absolute atomic E-state index is 12.4. The summed E-state index contributed by atoms with van der Waals surface area (Å²) in [6.45, 7) is 6.74. The molecule has 0 spiro atoms.